The molecule has 114 valence electrons. The Balaban J connectivity index is 1.93. The Hall–Kier alpha value is -2.53. The van der Waals surface area contributed by atoms with Crippen LogP contribution in [0.1, 0.15) is 5.56 Å². The summed E-state index contributed by atoms with van der Waals surface area (Å²) < 4.78 is 8.57. The largest absolute Gasteiger partial charge is 0.463 e. The van der Waals surface area contributed by atoms with Crippen molar-refractivity contribution in [3.05, 3.63) is 71.0 Å². The lowest BCUT2D eigenvalue weighted by molar-refractivity contribution is 0.581. The van der Waals surface area contributed by atoms with Gasteiger partial charge >= 0.3 is 0 Å². The van der Waals surface area contributed by atoms with E-state index in [1.165, 1.54) is 5.56 Å². The number of aryl methyl sites for hydroxylation is 1. The molecule has 1 N–H and O–H groups in total. The molecule has 0 saturated heterocycles. The maximum Gasteiger partial charge on any atom is 0.156 e. The van der Waals surface area contributed by atoms with E-state index in [2.05, 4.69) is 40.3 Å². The van der Waals surface area contributed by atoms with Crippen LogP contribution in [-0.2, 0) is 0 Å². The van der Waals surface area contributed by atoms with Crippen LogP contribution in [0.4, 0.5) is 11.5 Å². The van der Waals surface area contributed by atoms with Gasteiger partial charge in [-0.05, 0) is 58.7 Å². The average Bonchev–Trinajstić information content (AvgIpc) is 3.18. The molecule has 3 aromatic heterocycles. The van der Waals surface area contributed by atoms with Crippen LogP contribution in [0.25, 0.3) is 17.1 Å². The van der Waals surface area contributed by atoms with Crippen LogP contribution in [0.5, 0.6) is 0 Å². The maximum absolute atomic E-state index is 5.56. The minimum absolute atomic E-state index is 0.737. The highest BCUT2D eigenvalue weighted by Gasteiger charge is 2.17. The zero-order valence-corrected chi connectivity index (χ0v) is 14.0. The Kier molecular flexibility index (Phi) is 3.42. The van der Waals surface area contributed by atoms with Gasteiger partial charge < -0.3 is 9.73 Å². The van der Waals surface area contributed by atoms with Crippen LogP contribution in [0.15, 0.2) is 69.9 Å². The Labute approximate surface area is 141 Å². The van der Waals surface area contributed by atoms with Crippen molar-refractivity contribution in [2.75, 3.05) is 5.32 Å². The number of hydrogen-bond donors (Lipinski definition) is 1. The molecular weight excluding hydrogens is 354 g/mol. The summed E-state index contributed by atoms with van der Waals surface area (Å²) >= 11 is 3.52. The van der Waals surface area contributed by atoms with Crippen molar-refractivity contribution in [2.45, 2.75) is 6.92 Å². The smallest absolute Gasteiger partial charge is 0.156 e. The minimum Gasteiger partial charge on any atom is -0.463 e. The first-order chi connectivity index (χ1) is 11.2. The number of pyridine rings is 1. The van der Waals surface area contributed by atoms with Crippen LogP contribution >= 0.6 is 15.9 Å². The predicted octanol–water partition coefficient (Wildman–Crippen LogP) is 5.41. The monoisotopic (exact) mass is 367 g/mol. The molecule has 0 aliphatic carbocycles. The van der Waals surface area contributed by atoms with Gasteiger partial charge in [-0.15, -0.1) is 0 Å². The van der Waals surface area contributed by atoms with Crippen LogP contribution in [0.2, 0.25) is 0 Å². The second-order valence-corrected chi connectivity index (χ2v) is 6.22. The highest BCUT2D eigenvalue weighted by atomic mass is 79.9. The van der Waals surface area contributed by atoms with Gasteiger partial charge in [0.25, 0.3) is 0 Å². The van der Waals surface area contributed by atoms with Crippen molar-refractivity contribution in [3.63, 3.8) is 0 Å². The van der Waals surface area contributed by atoms with Crippen LogP contribution in [0, 0.1) is 6.92 Å². The summed E-state index contributed by atoms with van der Waals surface area (Å²) in [6, 6.07) is 15.9. The average molecular weight is 368 g/mol. The number of fused-ring (bicyclic) bond motifs is 1. The fraction of sp³-hybridized carbons (Fsp3) is 0.0556. The van der Waals surface area contributed by atoms with E-state index in [1.54, 1.807) is 6.26 Å². The van der Waals surface area contributed by atoms with Gasteiger partial charge in [0.15, 0.2) is 5.76 Å². The third-order valence-electron chi connectivity index (χ3n) is 3.74. The first kappa shape index (κ1) is 14.1. The SMILES string of the molecule is Cc1ccccc1Nc1c(-c2ccco2)nc2ccc(Br)cn12. The molecule has 0 unspecified atom stereocenters. The Morgan fingerprint density at radius 2 is 1.96 bits per heavy atom. The molecule has 0 bridgehead atoms. The molecule has 0 fully saturated rings. The molecule has 5 heteroatoms. The lowest BCUT2D eigenvalue weighted by atomic mass is 10.2. The molecule has 0 aliphatic rings. The number of aromatic nitrogens is 2. The number of rotatable bonds is 3. The molecule has 1 aromatic carbocycles. The fourth-order valence-corrected chi connectivity index (χ4v) is 2.90. The number of para-hydroxylation sites is 1. The number of hydrogen-bond acceptors (Lipinski definition) is 3. The second-order valence-electron chi connectivity index (χ2n) is 5.30. The molecular formula is C18H14BrN3O. The van der Waals surface area contributed by atoms with Crippen LogP contribution < -0.4 is 5.32 Å². The van der Waals surface area contributed by atoms with E-state index in [4.69, 9.17) is 9.40 Å². The summed E-state index contributed by atoms with van der Waals surface area (Å²) in [7, 11) is 0. The topological polar surface area (TPSA) is 42.5 Å². The molecule has 0 aliphatic heterocycles. The summed E-state index contributed by atoms with van der Waals surface area (Å²) in [6.07, 6.45) is 3.65. The predicted molar refractivity (Wildman–Crippen MR) is 95.1 cm³/mol. The van der Waals surface area contributed by atoms with Crippen molar-refractivity contribution in [1.29, 1.82) is 0 Å². The van der Waals surface area contributed by atoms with Gasteiger partial charge in [-0.3, -0.25) is 4.40 Å². The standard InChI is InChI=1S/C18H14BrN3O/c1-12-5-2-3-6-14(12)20-18-17(15-7-4-10-23-15)21-16-9-8-13(19)11-22(16)18/h2-11,20H,1H3. The van der Waals surface area contributed by atoms with Gasteiger partial charge in [0.2, 0.25) is 0 Å². The molecule has 0 saturated carbocycles. The second kappa shape index (κ2) is 5.59. The summed E-state index contributed by atoms with van der Waals surface area (Å²) in [5.41, 5.74) is 3.86. The lowest BCUT2D eigenvalue weighted by Crippen LogP contribution is -1.98. The van der Waals surface area contributed by atoms with Gasteiger partial charge in [-0.25, -0.2) is 4.98 Å². The molecule has 0 amide bonds. The summed E-state index contributed by atoms with van der Waals surface area (Å²) in [5.74, 6) is 1.62. The highest BCUT2D eigenvalue weighted by molar-refractivity contribution is 9.10. The third-order valence-corrected chi connectivity index (χ3v) is 4.20. The van der Waals surface area contributed by atoms with E-state index in [9.17, 15) is 0 Å². The number of anilines is 2. The van der Waals surface area contributed by atoms with Gasteiger partial charge in [-0.2, -0.15) is 0 Å². The summed E-state index contributed by atoms with van der Waals surface area (Å²) in [6.45, 7) is 2.08. The van der Waals surface area contributed by atoms with Gasteiger partial charge in [-0.1, -0.05) is 18.2 Å². The number of furan rings is 1. The molecule has 0 spiro atoms. The molecule has 0 radical (unpaired) electrons. The number of nitrogens with one attached hydrogen (secondary N) is 1. The Morgan fingerprint density at radius 1 is 1.09 bits per heavy atom. The quantitative estimate of drug-likeness (QED) is 0.526. The van der Waals surface area contributed by atoms with E-state index < -0.39 is 0 Å². The lowest BCUT2D eigenvalue weighted by Gasteiger charge is -2.10. The number of nitrogens with zero attached hydrogens (tertiary/aromatic N) is 2. The van der Waals surface area contributed by atoms with Crippen molar-refractivity contribution in [3.8, 4) is 11.5 Å². The highest BCUT2D eigenvalue weighted by Crippen LogP contribution is 2.32. The zero-order valence-electron chi connectivity index (χ0n) is 12.5. The number of halogens is 1. The molecule has 4 rings (SSSR count). The molecule has 23 heavy (non-hydrogen) atoms. The van der Waals surface area contributed by atoms with E-state index in [1.807, 2.05) is 47.0 Å². The van der Waals surface area contributed by atoms with Crippen molar-refractivity contribution < 1.29 is 4.42 Å². The zero-order chi connectivity index (χ0) is 15.8. The van der Waals surface area contributed by atoms with E-state index in [-0.39, 0.29) is 0 Å². The van der Waals surface area contributed by atoms with E-state index in [0.717, 1.165) is 33.1 Å². The first-order valence-corrected chi connectivity index (χ1v) is 8.06. The first-order valence-electron chi connectivity index (χ1n) is 7.26. The van der Waals surface area contributed by atoms with Crippen molar-refractivity contribution in [1.82, 2.24) is 9.38 Å². The molecule has 4 aromatic rings. The normalized spacial score (nSPS) is 11.0. The fourth-order valence-electron chi connectivity index (χ4n) is 2.56. The van der Waals surface area contributed by atoms with Crippen molar-refractivity contribution in [2.24, 2.45) is 0 Å². The van der Waals surface area contributed by atoms with Gasteiger partial charge in [0.1, 0.15) is 17.2 Å². The molecule has 0 atom stereocenters. The van der Waals surface area contributed by atoms with Gasteiger partial charge in [0.05, 0.1) is 6.26 Å². The van der Waals surface area contributed by atoms with E-state index in [0.29, 0.717) is 0 Å². The van der Waals surface area contributed by atoms with Crippen LogP contribution in [-0.4, -0.2) is 9.38 Å². The maximum atomic E-state index is 5.56. The van der Waals surface area contributed by atoms with E-state index >= 15 is 0 Å². The Morgan fingerprint density at radius 3 is 2.74 bits per heavy atom. The van der Waals surface area contributed by atoms with Crippen molar-refractivity contribution >= 4 is 33.1 Å². The molecule has 3 heterocycles. The summed E-state index contributed by atoms with van der Waals surface area (Å²) in [4.78, 5) is 4.71. The molecule has 4 nitrogen and oxygen atoms in total. The minimum atomic E-state index is 0.737. The number of benzene rings is 1. The van der Waals surface area contributed by atoms with Crippen LogP contribution in [0.3, 0.4) is 0 Å². The Bertz CT molecular complexity index is 973. The summed E-state index contributed by atoms with van der Waals surface area (Å²) in [5, 5.41) is 3.50. The number of imidazole rings is 1. The third kappa shape index (κ3) is 2.53. The van der Waals surface area contributed by atoms with Gasteiger partial charge in [0, 0.05) is 16.4 Å².